The summed E-state index contributed by atoms with van der Waals surface area (Å²) < 4.78 is 7.62. The SMILES string of the molecule is CCc1ccc(C(CN)N(C)Cc2cnn(C)c2)o1. The predicted octanol–water partition coefficient (Wildman–Crippen LogP) is 1.71. The predicted molar refractivity (Wildman–Crippen MR) is 74.6 cm³/mol. The van der Waals surface area contributed by atoms with Crippen LogP contribution in [-0.4, -0.2) is 28.3 Å². The van der Waals surface area contributed by atoms with Crippen molar-refractivity contribution in [2.45, 2.75) is 25.9 Å². The first-order valence-electron chi connectivity index (χ1n) is 6.60. The third-order valence-electron chi connectivity index (χ3n) is 3.30. The maximum Gasteiger partial charge on any atom is 0.122 e. The van der Waals surface area contributed by atoms with Gasteiger partial charge in [-0.25, -0.2) is 0 Å². The molecule has 0 saturated heterocycles. The first-order chi connectivity index (χ1) is 9.13. The molecule has 0 amide bonds. The lowest BCUT2D eigenvalue weighted by molar-refractivity contribution is 0.210. The summed E-state index contributed by atoms with van der Waals surface area (Å²) in [7, 11) is 3.97. The van der Waals surface area contributed by atoms with E-state index in [4.69, 9.17) is 10.2 Å². The van der Waals surface area contributed by atoms with E-state index in [1.807, 2.05) is 36.3 Å². The van der Waals surface area contributed by atoms with E-state index in [1.165, 1.54) is 5.56 Å². The van der Waals surface area contributed by atoms with Crippen molar-refractivity contribution in [3.05, 3.63) is 41.6 Å². The number of likely N-dealkylation sites (N-methyl/N-ethyl adjacent to an activating group) is 1. The fourth-order valence-corrected chi connectivity index (χ4v) is 2.23. The van der Waals surface area contributed by atoms with Crippen molar-refractivity contribution in [1.82, 2.24) is 14.7 Å². The number of nitrogens with zero attached hydrogens (tertiary/aromatic N) is 3. The van der Waals surface area contributed by atoms with Crippen LogP contribution >= 0.6 is 0 Å². The number of furan rings is 1. The van der Waals surface area contributed by atoms with Crippen LogP contribution < -0.4 is 5.73 Å². The van der Waals surface area contributed by atoms with E-state index in [0.29, 0.717) is 6.54 Å². The smallest absolute Gasteiger partial charge is 0.122 e. The molecule has 0 aliphatic carbocycles. The van der Waals surface area contributed by atoms with Gasteiger partial charge in [-0.05, 0) is 19.2 Å². The summed E-state index contributed by atoms with van der Waals surface area (Å²) in [5.74, 6) is 1.94. The molecule has 2 aromatic rings. The van der Waals surface area contributed by atoms with E-state index in [-0.39, 0.29) is 6.04 Å². The molecule has 0 aliphatic heterocycles. The summed E-state index contributed by atoms with van der Waals surface area (Å²) >= 11 is 0. The van der Waals surface area contributed by atoms with Crippen molar-refractivity contribution >= 4 is 0 Å². The molecule has 2 rings (SSSR count). The zero-order chi connectivity index (χ0) is 13.8. The third-order valence-corrected chi connectivity index (χ3v) is 3.30. The van der Waals surface area contributed by atoms with Crippen molar-refractivity contribution in [2.24, 2.45) is 12.8 Å². The van der Waals surface area contributed by atoms with Crippen LogP contribution in [0.15, 0.2) is 28.9 Å². The Morgan fingerprint density at radius 2 is 2.26 bits per heavy atom. The molecule has 2 aromatic heterocycles. The minimum absolute atomic E-state index is 0.0977. The molecule has 0 aromatic carbocycles. The monoisotopic (exact) mass is 262 g/mol. The van der Waals surface area contributed by atoms with Crippen molar-refractivity contribution in [3.8, 4) is 0 Å². The average Bonchev–Trinajstić information content (AvgIpc) is 3.00. The Labute approximate surface area is 114 Å². The van der Waals surface area contributed by atoms with Gasteiger partial charge in [0.15, 0.2) is 0 Å². The molecule has 1 atom stereocenters. The zero-order valence-electron chi connectivity index (χ0n) is 11.8. The lowest BCUT2D eigenvalue weighted by Crippen LogP contribution is -2.29. The Hall–Kier alpha value is -1.59. The molecule has 19 heavy (non-hydrogen) atoms. The van der Waals surface area contributed by atoms with Crippen LogP contribution in [0.4, 0.5) is 0 Å². The Morgan fingerprint density at radius 1 is 1.47 bits per heavy atom. The van der Waals surface area contributed by atoms with Gasteiger partial charge < -0.3 is 10.2 Å². The van der Waals surface area contributed by atoms with Gasteiger partial charge in [0, 0.05) is 38.3 Å². The average molecular weight is 262 g/mol. The van der Waals surface area contributed by atoms with Crippen LogP contribution in [0, 0.1) is 0 Å². The fraction of sp³-hybridized carbons (Fsp3) is 0.500. The molecule has 5 heteroatoms. The van der Waals surface area contributed by atoms with Crippen LogP contribution in [-0.2, 0) is 20.0 Å². The summed E-state index contributed by atoms with van der Waals surface area (Å²) in [4.78, 5) is 2.19. The molecule has 0 spiro atoms. The summed E-state index contributed by atoms with van der Waals surface area (Å²) in [5.41, 5.74) is 7.06. The minimum Gasteiger partial charge on any atom is -0.464 e. The van der Waals surface area contributed by atoms with Crippen LogP contribution in [0.2, 0.25) is 0 Å². The van der Waals surface area contributed by atoms with Gasteiger partial charge in [0.2, 0.25) is 0 Å². The summed E-state index contributed by atoms with van der Waals surface area (Å²) in [6, 6.07) is 4.15. The van der Waals surface area contributed by atoms with E-state index in [1.54, 1.807) is 0 Å². The highest BCUT2D eigenvalue weighted by Crippen LogP contribution is 2.22. The standard InChI is InChI=1S/C14H22N4O/c1-4-12-5-6-14(19-12)13(7-15)17(2)9-11-8-16-18(3)10-11/h5-6,8,10,13H,4,7,9,15H2,1-3H3. The Bertz CT molecular complexity index is 517. The molecular formula is C14H22N4O. The number of rotatable bonds is 6. The largest absolute Gasteiger partial charge is 0.464 e. The maximum atomic E-state index is 5.89. The van der Waals surface area contributed by atoms with Crippen molar-refractivity contribution < 1.29 is 4.42 Å². The lowest BCUT2D eigenvalue weighted by atomic mass is 10.2. The second-order valence-electron chi connectivity index (χ2n) is 4.85. The van der Waals surface area contributed by atoms with E-state index in [2.05, 4.69) is 24.0 Å². The number of hydrogen-bond acceptors (Lipinski definition) is 4. The summed E-state index contributed by atoms with van der Waals surface area (Å²) in [6.07, 6.45) is 4.80. The van der Waals surface area contributed by atoms with E-state index >= 15 is 0 Å². The van der Waals surface area contributed by atoms with Crippen LogP contribution in [0.25, 0.3) is 0 Å². The highest BCUT2D eigenvalue weighted by Gasteiger charge is 2.19. The second-order valence-corrected chi connectivity index (χ2v) is 4.85. The zero-order valence-corrected chi connectivity index (χ0v) is 11.8. The molecule has 0 aliphatic rings. The first-order valence-corrected chi connectivity index (χ1v) is 6.60. The van der Waals surface area contributed by atoms with Gasteiger partial charge in [-0.1, -0.05) is 6.92 Å². The lowest BCUT2D eigenvalue weighted by Gasteiger charge is -2.24. The molecule has 0 fully saturated rings. The fourth-order valence-electron chi connectivity index (χ4n) is 2.23. The van der Waals surface area contributed by atoms with Gasteiger partial charge in [-0.15, -0.1) is 0 Å². The molecule has 0 bridgehead atoms. The van der Waals surface area contributed by atoms with Crippen LogP contribution in [0.3, 0.4) is 0 Å². The molecule has 5 nitrogen and oxygen atoms in total. The number of aryl methyl sites for hydroxylation is 2. The number of nitrogens with two attached hydrogens (primary N) is 1. The normalized spacial score (nSPS) is 13.1. The van der Waals surface area contributed by atoms with Gasteiger partial charge in [0.05, 0.1) is 12.2 Å². The Balaban J connectivity index is 2.08. The molecule has 0 radical (unpaired) electrons. The molecule has 0 saturated carbocycles. The minimum atomic E-state index is 0.0977. The van der Waals surface area contributed by atoms with E-state index in [9.17, 15) is 0 Å². The van der Waals surface area contributed by atoms with E-state index in [0.717, 1.165) is 24.5 Å². The molecule has 2 heterocycles. The topological polar surface area (TPSA) is 60.2 Å². The van der Waals surface area contributed by atoms with Crippen molar-refractivity contribution in [3.63, 3.8) is 0 Å². The van der Waals surface area contributed by atoms with Crippen molar-refractivity contribution in [2.75, 3.05) is 13.6 Å². The van der Waals surface area contributed by atoms with Gasteiger partial charge in [0.1, 0.15) is 11.5 Å². The number of hydrogen-bond donors (Lipinski definition) is 1. The van der Waals surface area contributed by atoms with Gasteiger partial charge in [-0.2, -0.15) is 5.10 Å². The first kappa shape index (κ1) is 13.8. The van der Waals surface area contributed by atoms with Crippen LogP contribution in [0.1, 0.15) is 30.0 Å². The number of aromatic nitrogens is 2. The highest BCUT2D eigenvalue weighted by molar-refractivity contribution is 5.12. The molecule has 2 N–H and O–H groups in total. The molecule has 1 unspecified atom stereocenters. The third kappa shape index (κ3) is 3.24. The molecular weight excluding hydrogens is 240 g/mol. The van der Waals surface area contributed by atoms with E-state index < -0.39 is 0 Å². The summed E-state index contributed by atoms with van der Waals surface area (Å²) in [6.45, 7) is 3.42. The quantitative estimate of drug-likeness (QED) is 0.861. The summed E-state index contributed by atoms with van der Waals surface area (Å²) in [5, 5.41) is 4.18. The molecule has 104 valence electrons. The second kappa shape index (κ2) is 6.04. The Kier molecular flexibility index (Phi) is 4.39. The Morgan fingerprint density at radius 3 is 2.79 bits per heavy atom. The van der Waals surface area contributed by atoms with Crippen LogP contribution in [0.5, 0.6) is 0 Å². The maximum absolute atomic E-state index is 5.89. The van der Waals surface area contributed by atoms with Crippen molar-refractivity contribution in [1.29, 1.82) is 0 Å². The van der Waals surface area contributed by atoms with Gasteiger partial charge in [0.25, 0.3) is 0 Å². The highest BCUT2D eigenvalue weighted by atomic mass is 16.3. The van der Waals surface area contributed by atoms with Gasteiger partial charge >= 0.3 is 0 Å². The van der Waals surface area contributed by atoms with Gasteiger partial charge in [-0.3, -0.25) is 9.58 Å².